The van der Waals surface area contributed by atoms with E-state index in [1.807, 2.05) is 26.0 Å². The van der Waals surface area contributed by atoms with Crippen LogP contribution in [0.3, 0.4) is 0 Å². The van der Waals surface area contributed by atoms with Gasteiger partial charge in [-0.2, -0.15) is 0 Å². The summed E-state index contributed by atoms with van der Waals surface area (Å²) in [6, 6.07) is 8.09. The number of benzene rings is 1. The van der Waals surface area contributed by atoms with Crippen molar-refractivity contribution in [2.45, 2.75) is 60.1 Å². The second-order valence-corrected chi connectivity index (χ2v) is 7.39. The van der Waals surface area contributed by atoms with Crippen LogP contribution < -0.4 is 15.4 Å². The molecule has 1 unspecified atom stereocenters. The number of guanidine groups is 1. The summed E-state index contributed by atoms with van der Waals surface area (Å²) < 4.78 is 5.67. The average Bonchev–Trinajstić information content (AvgIpc) is 2.57. The molecule has 148 valence electrons. The SMILES string of the molecule is CCNC(=NCc1ccc(OC(C)C)cc1)NCC(CCO)CC(C)C. The fourth-order valence-corrected chi connectivity index (χ4v) is 2.85. The average molecular weight is 364 g/mol. The molecule has 0 fully saturated rings. The van der Waals surface area contributed by atoms with E-state index in [0.717, 1.165) is 43.2 Å². The Balaban J connectivity index is 2.61. The minimum absolute atomic E-state index is 0.182. The van der Waals surface area contributed by atoms with E-state index in [-0.39, 0.29) is 12.7 Å². The number of aliphatic hydroxyl groups excluding tert-OH is 1. The van der Waals surface area contributed by atoms with Crippen LogP contribution in [0.4, 0.5) is 0 Å². The predicted molar refractivity (Wildman–Crippen MR) is 110 cm³/mol. The van der Waals surface area contributed by atoms with Gasteiger partial charge in [-0.05, 0) is 63.1 Å². The molecule has 0 amide bonds. The summed E-state index contributed by atoms with van der Waals surface area (Å²) in [6.07, 6.45) is 2.10. The maximum atomic E-state index is 9.26. The molecule has 1 aromatic rings. The molecular weight excluding hydrogens is 326 g/mol. The van der Waals surface area contributed by atoms with E-state index in [2.05, 4.69) is 48.5 Å². The van der Waals surface area contributed by atoms with Crippen LogP contribution in [0.15, 0.2) is 29.3 Å². The highest BCUT2D eigenvalue weighted by molar-refractivity contribution is 5.79. The van der Waals surface area contributed by atoms with Crippen molar-refractivity contribution in [1.29, 1.82) is 0 Å². The van der Waals surface area contributed by atoms with Gasteiger partial charge in [0.05, 0.1) is 12.6 Å². The van der Waals surface area contributed by atoms with Gasteiger partial charge in [0.15, 0.2) is 5.96 Å². The maximum absolute atomic E-state index is 9.26. The number of rotatable bonds is 11. The quantitative estimate of drug-likeness (QED) is 0.415. The van der Waals surface area contributed by atoms with Crippen LogP contribution >= 0.6 is 0 Å². The minimum atomic E-state index is 0.182. The first-order valence-corrected chi connectivity index (χ1v) is 9.83. The van der Waals surface area contributed by atoms with E-state index < -0.39 is 0 Å². The molecule has 0 saturated carbocycles. The summed E-state index contributed by atoms with van der Waals surface area (Å²) in [4.78, 5) is 4.68. The zero-order valence-corrected chi connectivity index (χ0v) is 17.1. The lowest BCUT2D eigenvalue weighted by Gasteiger charge is -2.20. The molecule has 1 aromatic carbocycles. The van der Waals surface area contributed by atoms with Gasteiger partial charge in [-0.1, -0.05) is 26.0 Å². The van der Waals surface area contributed by atoms with Crippen LogP contribution in [0.1, 0.15) is 53.0 Å². The van der Waals surface area contributed by atoms with E-state index in [1.54, 1.807) is 0 Å². The topological polar surface area (TPSA) is 65.9 Å². The monoisotopic (exact) mass is 363 g/mol. The van der Waals surface area contributed by atoms with Gasteiger partial charge in [-0.25, -0.2) is 4.99 Å². The molecular formula is C21H37N3O2. The Bertz CT molecular complexity index is 512. The summed E-state index contributed by atoms with van der Waals surface area (Å²) in [6.45, 7) is 13.0. The first-order chi connectivity index (χ1) is 12.4. The van der Waals surface area contributed by atoms with Crippen LogP contribution in [-0.2, 0) is 6.54 Å². The normalized spacial score (nSPS) is 13.2. The van der Waals surface area contributed by atoms with E-state index >= 15 is 0 Å². The molecule has 1 atom stereocenters. The van der Waals surface area contributed by atoms with E-state index in [1.165, 1.54) is 0 Å². The fraction of sp³-hybridized carbons (Fsp3) is 0.667. The van der Waals surface area contributed by atoms with Gasteiger partial charge in [0.2, 0.25) is 0 Å². The third-order valence-electron chi connectivity index (χ3n) is 3.96. The number of hydrogen-bond donors (Lipinski definition) is 3. The van der Waals surface area contributed by atoms with Gasteiger partial charge in [-0.3, -0.25) is 0 Å². The summed E-state index contributed by atoms with van der Waals surface area (Å²) in [5, 5.41) is 16.0. The lowest BCUT2D eigenvalue weighted by Crippen LogP contribution is -2.40. The van der Waals surface area contributed by atoms with Crippen LogP contribution in [0.2, 0.25) is 0 Å². The molecule has 0 radical (unpaired) electrons. The maximum Gasteiger partial charge on any atom is 0.191 e. The number of hydrogen-bond acceptors (Lipinski definition) is 3. The van der Waals surface area contributed by atoms with Crippen molar-refractivity contribution < 1.29 is 9.84 Å². The number of aliphatic hydroxyl groups is 1. The Morgan fingerprint density at radius 1 is 1.12 bits per heavy atom. The molecule has 5 nitrogen and oxygen atoms in total. The minimum Gasteiger partial charge on any atom is -0.491 e. The second-order valence-electron chi connectivity index (χ2n) is 7.39. The molecule has 0 bridgehead atoms. The molecule has 0 saturated heterocycles. The first-order valence-electron chi connectivity index (χ1n) is 9.83. The van der Waals surface area contributed by atoms with Crippen LogP contribution in [0.5, 0.6) is 5.75 Å². The lowest BCUT2D eigenvalue weighted by atomic mass is 9.94. The standard InChI is InChI=1S/C21H37N3O2/c1-6-22-21(24-15-19(11-12-25)13-16(2)3)23-14-18-7-9-20(10-8-18)26-17(4)5/h7-10,16-17,19,25H,6,11-15H2,1-5H3,(H2,22,23,24). The van der Waals surface area contributed by atoms with E-state index in [9.17, 15) is 5.11 Å². The van der Waals surface area contributed by atoms with Crippen molar-refractivity contribution in [2.75, 3.05) is 19.7 Å². The predicted octanol–water partition coefficient (Wildman–Crippen LogP) is 3.57. The van der Waals surface area contributed by atoms with Gasteiger partial charge in [0.25, 0.3) is 0 Å². The highest BCUT2D eigenvalue weighted by Crippen LogP contribution is 2.15. The third-order valence-corrected chi connectivity index (χ3v) is 3.96. The van der Waals surface area contributed by atoms with Crippen molar-refractivity contribution in [3.63, 3.8) is 0 Å². The van der Waals surface area contributed by atoms with Gasteiger partial charge < -0.3 is 20.5 Å². The molecule has 0 spiro atoms. The highest BCUT2D eigenvalue weighted by Gasteiger charge is 2.11. The molecule has 0 aliphatic heterocycles. The molecule has 5 heteroatoms. The summed E-state index contributed by atoms with van der Waals surface area (Å²) >= 11 is 0. The van der Waals surface area contributed by atoms with Crippen LogP contribution in [-0.4, -0.2) is 36.9 Å². The molecule has 3 N–H and O–H groups in total. The summed E-state index contributed by atoms with van der Waals surface area (Å²) in [5.74, 6) is 2.79. The third kappa shape index (κ3) is 9.66. The second kappa shape index (κ2) is 12.6. The smallest absolute Gasteiger partial charge is 0.191 e. The fourth-order valence-electron chi connectivity index (χ4n) is 2.85. The van der Waals surface area contributed by atoms with Gasteiger partial charge in [0, 0.05) is 19.7 Å². The molecule has 0 aromatic heterocycles. The Hall–Kier alpha value is -1.75. The molecule has 0 aliphatic carbocycles. The van der Waals surface area contributed by atoms with Gasteiger partial charge in [-0.15, -0.1) is 0 Å². The van der Waals surface area contributed by atoms with Crippen molar-refractivity contribution in [3.05, 3.63) is 29.8 Å². The van der Waals surface area contributed by atoms with Crippen LogP contribution in [0, 0.1) is 11.8 Å². The Morgan fingerprint density at radius 3 is 2.35 bits per heavy atom. The van der Waals surface area contributed by atoms with Crippen molar-refractivity contribution in [3.8, 4) is 5.75 Å². The molecule has 0 heterocycles. The lowest BCUT2D eigenvalue weighted by molar-refractivity contribution is 0.242. The van der Waals surface area contributed by atoms with Crippen molar-refractivity contribution in [1.82, 2.24) is 10.6 Å². The molecule has 0 aliphatic rings. The van der Waals surface area contributed by atoms with Crippen LogP contribution in [0.25, 0.3) is 0 Å². The van der Waals surface area contributed by atoms with E-state index in [0.29, 0.717) is 18.4 Å². The number of nitrogens with zero attached hydrogens (tertiary/aromatic N) is 1. The summed E-state index contributed by atoms with van der Waals surface area (Å²) in [5.41, 5.74) is 1.15. The Kier molecular flexibility index (Phi) is 10.8. The van der Waals surface area contributed by atoms with Crippen molar-refractivity contribution in [2.24, 2.45) is 16.8 Å². The zero-order valence-electron chi connectivity index (χ0n) is 17.1. The van der Waals surface area contributed by atoms with Gasteiger partial charge in [0.1, 0.15) is 5.75 Å². The summed E-state index contributed by atoms with van der Waals surface area (Å²) in [7, 11) is 0. The highest BCUT2D eigenvalue weighted by atomic mass is 16.5. The Morgan fingerprint density at radius 2 is 1.81 bits per heavy atom. The zero-order chi connectivity index (χ0) is 19.4. The number of aliphatic imine (C=N–C) groups is 1. The molecule has 1 rings (SSSR count). The number of nitrogens with one attached hydrogen (secondary N) is 2. The van der Waals surface area contributed by atoms with Crippen molar-refractivity contribution >= 4 is 5.96 Å². The molecule has 26 heavy (non-hydrogen) atoms. The Labute approximate surface area is 159 Å². The van der Waals surface area contributed by atoms with E-state index in [4.69, 9.17) is 4.74 Å². The van der Waals surface area contributed by atoms with Gasteiger partial charge >= 0.3 is 0 Å². The number of ether oxygens (including phenoxy) is 1. The largest absolute Gasteiger partial charge is 0.491 e. The first kappa shape index (κ1) is 22.3.